The quantitative estimate of drug-likeness (QED) is 0.499. The minimum atomic E-state index is -5.22. The van der Waals surface area contributed by atoms with E-state index in [9.17, 15) is 31.9 Å². The van der Waals surface area contributed by atoms with Gasteiger partial charge in [-0.1, -0.05) is 44.2 Å². The molecule has 1 atom stereocenters. The molecular formula is C21H25F4N3O3. The van der Waals surface area contributed by atoms with Crippen LogP contribution in [0.15, 0.2) is 24.3 Å². The van der Waals surface area contributed by atoms with Gasteiger partial charge in [-0.05, 0) is 36.5 Å². The monoisotopic (exact) mass is 443 g/mol. The molecule has 6 nitrogen and oxygen atoms in total. The lowest BCUT2D eigenvalue weighted by atomic mass is 9.86. The van der Waals surface area contributed by atoms with Crippen molar-refractivity contribution in [3.8, 4) is 0 Å². The number of hydrogen-bond donors (Lipinski definition) is 2. The topological polar surface area (TPSA) is 78.5 Å². The fourth-order valence-electron chi connectivity index (χ4n) is 4.10. The molecule has 1 aliphatic carbocycles. The van der Waals surface area contributed by atoms with Crippen molar-refractivity contribution in [3.05, 3.63) is 35.6 Å². The van der Waals surface area contributed by atoms with Crippen LogP contribution in [0.2, 0.25) is 0 Å². The third-order valence-corrected chi connectivity index (χ3v) is 5.90. The van der Waals surface area contributed by atoms with Gasteiger partial charge in [-0.3, -0.25) is 19.8 Å². The number of carbonyl (C=O) groups is 3. The number of hydrogen-bond acceptors (Lipinski definition) is 3. The number of halogens is 4. The maximum Gasteiger partial charge on any atom is 0.440 e. The van der Waals surface area contributed by atoms with Crippen LogP contribution in [0.3, 0.4) is 0 Å². The van der Waals surface area contributed by atoms with Crippen molar-refractivity contribution < 1.29 is 31.9 Å². The van der Waals surface area contributed by atoms with Crippen molar-refractivity contribution in [2.24, 2.45) is 5.92 Å². The zero-order chi connectivity index (χ0) is 22.6. The van der Waals surface area contributed by atoms with Crippen molar-refractivity contribution in [1.29, 1.82) is 0 Å². The molecule has 0 radical (unpaired) electrons. The zero-order valence-corrected chi connectivity index (χ0v) is 16.9. The summed E-state index contributed by atoms with van der Waals surface area (Å²) in [4.78, 5) is 37.6. The Bertz CT molecular complexity index is 822. The molecule has 1 aromatic rings. The molecule has 3 rings (SSSR count). The molecule has 2 N–H and O–H groups in total. The minimum Gasteiger partial charge on any atom is -0.318 e. The summed E-state index contributed by atoms with van der Waals surface area (Å²) in [6.45, 7) is -0.341. The van der Waals surface area contributed by atoms with Crippen molar-refractivity contribution >= 4 is 17.8 Å². The van der Waals surface area contributed by atoms with E-state index in [1.165, 1.54) is 24.3 Å². The summed E-state index contributed by atoms with van der Waals surface area (Å²) >= 11 is 0. The lowest BCUT2D eigenvalue weighted by Gasteiger charge is -2.30. The predicted octanol–water partition coefficient (Wildman–Crippen LogP) is 3.66. The second kappa shape index (κ2) is 9.23. The molecule has 1 aromatic carbocycles. The smallest absolute Gasteiger partial charge is 0.318 e. The highest BCUT2D eigenvalue weighted by molar-refractivity contribution is 6.08. The Morgan fingerprint density at radius 3 is 2.39 bits per heavy atom. The first-order valence-electron chi connectivity index (χ1n) is 10.4. The Kier molecular flexibility index (Phi) is 6.86. The molecule has 1 heterocycles. The van der Waals surface area contributed by atoms with Gasteiger partial charge >= 0.3 is 12.2 Å². The number of amides is 4. The number of imide groups is 1. The number of rotatable bonds is 7. The van der Waals surface area contributed by atoms with Crippen LogP contribution in [0.25, 0.3) is 0 Å². The summed E-state index contributed by atoms with van der Waals surface area (Å²) in [7, 11) is 0. The van der Waals surface area contributed by atoms with Crippen LogP contribution in [0.1, 0.15) is 50.5 Å². The molecule has 0 bridgehead atoms. The van der Waals surface area contributed by atoms with Crippen LogP contribution >= 0.6 is 0 Å². The molecule has 2 aliphatic rings. The Balaban J connectivity index is 1.67. The largest absolute Gasteiger partial charge is 0.440 e. The van der Waals surface area contributed by atoms with E-state index in [2.05, 4.69) is 0 Å². The van der Waals surface area contributed by atoms with Gasteiger partial charge in [0.2, 0.25) is 5.91 Å². The lowest BCUT2D eigenvalue weighted by Crippen LogP contribution is -2.69. The van der Waals surface area contributed by atoms with Gasteiger partial charge in [0, 0.05) is 13.0 Å². The van der Waals surface area contributed by atoms with Gasteiger partial charge in [0.15, 0.2) is 0 Å². The first-order chi connectivity index (χ1) is 14.6. The number of nitrogens with one attached hydrogen (secondary N) is 2. The second-order valence-corrected chi connectivity index (χ2v) is 8.10. The molecule has 1 saturated heterocycles. The van der Waals surface area contributed by atoms with Gasteiger partial charge in [-0.15, -0.1) is 0 Å². The predicted molar refractivity (Wildman–Crippen MR) is 103 cm³/mol. The van der Waals surface area contributed by atoms with E-state index >= 15 is 0 Å². The third kappa shape index (κ3) is 5.16. The number of urea groups is 1. The first kappa shape index (κ1) is 23.0. The molecule has 1 aliphatic heterocycles. The Labute approximate surface area is 177 Å². The molecule has 4 amide bonds. The summed E-state index contributed by atoms with van der Waals surface area (Å²) in [5.74, 6) is -2.71. The van der Waals surface area contributed by atoms with Crippen LogP contribution in [0, 0.1) is 11.7 Å². The van der Waals surface area contributed by atoms with Gasteiger partial charge in [0.05, 0.1) is 0 Å². The van der Waals surface area contributed by atoms with Crippen molar-refractivity contribution in [2.75, 3.05) is 6.54 Å². The number of benzene rings is 1. The standard InChI is InChI=1S/C21H25F4N3O3/c22-16-9-6-15(7-10-16)12-13-28-18(30)20(21(23,24)25,27-19(28)31)26-17(29)11-8-14-4-2-1-3-5-14/h6-7,9-10,14H,1-5,8,11-13H2,(H,26,29)(H,27,31). The van der Waals surface area contributed by atoms with Gasteiger partial charge in [0.1, 0.15) is 5.82 Å². The van der Waals surface area contributed by atoms with E-state index in [1.807, 2.05) is 0 Å². The van der Waals surface area contributed by atoms with Crippen molar-refractivity contribution in [3.63, 3.8) is 0 Å². The summed E-state index contributed by atoms with van der Waals surface area (Å²) in [6, 6.07) is 3.94. The number of carbonyl (C=O) groups excluding carboxylic acids is 3. The van der Waals surface area contributed by atoms with E-state index in [0.29, 0.717) is 16.9 Å². The molecule has 2 fully saturated rings. The molecule has 0 spiro atoms. The van der Waals surface area contributed by atoms with Crippen molar-refractivity contribution in [2.45, 2.75) is 63.2 Å². The van der Waals surface area contributed by atoms with E-state index < -0.39 is 35.5 Å². The highest BCUT2D eigenvalue weighted by Crippen LogP contribution is 2.34. The molecule has 10 heteroatoms. The fourth-order valence-corrected chi connectivity index (χ4v) is 4.10. The highest BCUT2D eigenvalue weighted by Gasteiger charge is 2.68. The Hall–Kier alpha value is -2.65. The summed E-state index contributed by atoms with van der Waals surface area (Å²) in [5.41, 5.74) is -2.93. The van der Waals surface area contributed by atoms with E-state index in [4.69, 9.17) is 0 Å². The van der Waals surface area contributed by atoms with Gasteiger partial charge < -0.3 is 5.32 Å². The molecule has 1 saturated carbocycles. The Morgan fingerprint density at radius 2 is 1.77 bits per heavy atom. The molecule has 170 valence electrons. The zero-order valence-electron chi connectivity index (χ0n) is 16.9. The number of alkyl halides is 3. The Morgan fingerprint density at radius 1 is 1.13 bits per heavy atom. The van der Waals surface area contributed by atoms with Crippen LogP contribution in [-0.4, -0.2) is 41.1 Å². The normalized spacial score (nSPS) is 22.5. The summed E-state index contributed by atoms with van der Waals surface area (Å²) in [6.07, 6.45) is 0.182. The van der Waals surface area contributed by atoms with Gasteiger partial charge in [0.25, 0.3) is 11.6 Å². The van der Waals surface area contributed by atoms with E-state index in [-0.39, 0.29) is 25.3 Å². The highest BCUT2D eigenvalue weighted by atomic mass is 19.4. The minimum absolute atomic E-state index is 0.0446. The van der Waals surface area contributed by atoms with Crippen LogP contribution in [0.4, 0.5) is 22.4 Å². The SMILES string of the molecule is O=C(CCC1CCCCC1)NC1(C(F)(F)F)NC(=O)N(CCc2ccc(F)cc2)C1=O. The average molecular weight is 443 g/mol. The van der Waals surface area contributed by atoms with Crippen LogP contribution < -0.4 is 10.6 Å². The molecular weight excluding hydrogens is 418 g/mol. The fraction of sp³-hybridized carbons (Fsp3) is 0.571. The second-order valence-electron chi connectivity index (χ2n) is 8.10. The van der Waals surface area contributed by atoms with E-state index in [0.717, 1.165) is 32.1 Å². The van der Waals surface area contributed by atoms with Crippen LogP contribution in [-0.2, 0) is 16.0 Å². The maximum absolute atomic E-state index is 13.9. The van der Waals surface area contributed by atoms with Crippen molar-refractivity contribution in [1.82, 2.24) is 15.5 Å². The lowest BCUT2D eigenvalue weighted by molar-refractivity contribution is -0.204. The first-order valence-corrected chi connectivity index (χ1v) is 10.4. The van der Waals surface area contributed by atoms with Gasteiger partial charge in [-0.25, -0.2) is 9.18 Å². The third-order valence-electron chi connectivity index (χ3n) is 5.90. The summed E-state index contributed by atoms with van der Waals surface area (Å²) < 4.78 is 54.6. The molecule has 31 heavy (non-hydrogen) atoms. The van der Waals surface area contributed by atoms with E-state index in [1.54, 1.807) is 10.6 Å². The van der Waals surface area contributed by atoms with Crippen LogP contribution in [0.5, 0.6) is 0 Å². The summed E-state index contributed by atoms with van der Waals surface area (Å²) in [5, 5.41) is 3.39. The number of nitrogens with zero attached hydrogens (tertiary/aromatic N) is 1. The molecule has 1 unspecified atom stereocenters. The van der Waals surface area contributed by atoms with Gasteiger partial charge in [-0.2, -0.15) is 13.2 Å². The average Bonchev–Trinajstić information content (AvgIpc) is 2.97. The maximum atomic E-state index is 13.9. The molecule has 0 aromatic heterocycles.